The predicted octanol–water partition coefficient (Wildman–Crippen LogP) is 3.40. The molecule has 0 bridgehead atoms. The lowest BCUT2D eigenvalue weighted by Gasteiger charge is -2.24. The van der Waals surface area contributed by atoms with Crippen LogP contribution >= 0.6 is 0 Å². The van der Waals surface area contributed by atoms with E-state index < -0.39 is 0 Å². The highest BCUT2D eigenvalue weighted by Crippen LogP contribution is 2.29. The minimum Gasteiger partial charge on any atom is -0.478 e. The summed E-state index contributed by atoms with van der Waals surface area (Å²) in [5.41, 5.74) is 1.24. The first-order valence-corrected chi connectivity index (χ1v) is 7.52. The number of nitrogens with zero attached hydrogens (tertiary/aromatic N) is 1. The number of hydrogen-bond donors (Lipinski definition) is 1. The van der Waals surface area contributed by atoms with Gasteiger partial charge in [0.2, 0.25) is 5.88 Å². The van der Waals surface area contributed by atoms with Crippen LogP contribution in [0.4, 0.5) is 0 Å². The van der Waals surface area contributed by atoms with Gasteiger partial charge in [0.15, 0.2) is 0 Å². The number of pyridine rings is 1. The molecule has 1 aromatic heterocycles. The SMILES string of the molecule is CC(C)CNCc1ccnc(OCCC2CCC2)c1. The smallest absolute Gasteiger partial charge is 0.213 e. The van der Waals surface area contributed by atoms with E-state index in [1.54, 1.807) is 0 Å². The molecule has 0 unspecified atom stereocenters. The van der Waals surface area contributed by atoms with Crippen LogP contribution in [0.15, 0.2) is 18.3 Å². The number of nitrogens with one attached hydrogen (secondary N) is 1. The van der Waals surface area contributed by atoms with E-state index in [1.807, 2.05) is 18.3 Å². The Morgan fingerprint density at radius 1 is 1.42 bits per heavy atom. The molecule has 2 rings (SSSR count). The summed E-state index contributed by atoms with van der Waals surface area (Å²) in [4.78, 5) is 4.27. The standard InChI is InChI=1S/C16H26N2O/c1-13(2)11-17-12-15-6-8-18-16(10-15)19-9-7-14-4-3-5-14/h6,8,10,13-14,17H,3-5,7,9,11-12H2,1-2H3. The fourth-order valence-electron chi connectivity index (χ4n) is 2.26. The normalized spacial score (nSPS) is 15.5. The van der Waals surface area contributed by atoms with Gasteiger partial charge in [-0.05, 0) is 36.4 Å². The number of aromatic nitrogens is 1. The van der Waals surface area contributed by atoms with Gasteiger partial charge in [-0.25, -0.2) is 4.98 Å². The van der Waals surface area contributed by atoms with Crippen LogP contribution in [0.5, 0.6) is 5.88 Å². The Labute approximate surface area is 116 Å². The van der Waals surface area contributed by atoms with Gasteiger partial charge in [0.1, 0.15) is 0 Å². The van der Waals surface area contributed by atoms with Crippen LogP contribution in [-0.2, 0) is 6.54 Å². The van der Waals surface area contributed by atoms with Crippen molar-refractivity contribution >= 4 is 0 Å². The Bertz CT molecular complexity index is 375. The molecule has 3 heteroatoms. The van der Waals surface area contributed by atoms with Crippen LogP contribution in [-0.4, -0.2) is 18.1 Å². The lowest BCUT2D eigenvalue weighted by molar-refractivity contribution is 0.217. The van der Waals surface area contributed by atoms with E-state index in [0.717, 1.165) is 31.5 Å². The molecular formula is C16H26N2O. The van der Waals surface area contributed by atoms with Gasteiger partial charge < -0.3 is 10.1 Å². The number of rotatable bonds is 8. The van der Waals surface area contributed by atoms with Crippen LogP contribution in [0.2, 0.25) is 0 Å². The molecule has 0 aromatic carbocycles. The summed E-state index contributed by atoms with van der Waals surface area (Å²) in [5.74, 6) is 2.35. The van der Waals surface area contributed by atoms with Gasteiger partial charge in [0.25, 0.3) is 0 Å². The van der Waals surface area contributed by atoms with E-state index in [1.165, 1.54) is 31.2 Å². The van der Waals surface area contributed by atoms with Crippen LogP contribution in [0, 0.1) is 11.8 Å². The quantitative estimate of drug-likeness (QED) is 0.779. The van der Waals surface area contributed by atoms with Crippen LogP contribution in [0.1, 0.15) is 45.1 Å². The van der Waals surface area contributed by atoms with Crippen LogP contribution in [0.3, 0.4) is 0 Å². The zero-order chi connectivity index (χ0) is 13.5. The minimum absolute atomic E-state index is 0.681. The van der Waals surface area contributed by atoms with Crippen molar-refractivity contribution < 1.29 is 4.74 Å². The Morgan fingerprint density at radius 3 is 2.95 bits per heavy atom. The third kappa shape index (κ3) is 5.19. The molecule has 0 aliphatic heterocycles. The van der Waals surface area contributed by atoms with Crippen molar-refractivity contribution in [1.82, 2.24) is 10.3 Å². The van der Waals surface area contributed by atoms with Gasteiger partial charge in [-0.15, -0.1) is 0 Å². The molecule has 1 aromatic rings. The van der Waals surface area contributed by atoms with E-state index in [2.05, 4.69) is 24.1 Å². The van der Waals surface area contributed by atoms with Crippen molar-refractivity contribution in [3.8, 4) is 5.88 Å². The van der Waals surface area contributed by atoms with E-state index >= 15 is 0 Å². The monoisotopic (exact) mass is 262 g/mol. The number of hydrogen-bond acceptors (Lipinski definition) is 3. The third-order valence-electron chi connectivity index (χ3n) is 3.68. The van der Waals surface area contributed by atoms with Gasteiger partial charge in [-0.3, -0.25) is 0 Å². The highest BCUT2D eigenvalue weighted by atomic mass is 16.5. The molecule has 1 heterocycles. The van der Waals surface area contributed by atoms with Gasteiger partial charge >= 0.3 is 0 Å². The van der Waals surface area contributed by atoms with Gasteiger partial charge in [0.05, 0.1) is 6.61 Å². The van der Waals surface area contributed by atoms with Crippen molar-refractivity contribution in [1.29, 1.82) is 0 Å². The molecule has 1 aliphatic carbocycles. The summed E-state index contributed by atoms with van der Waals surface area (Å²) in [5, 5.41) is 3.44. The third-order valence-corrected chi connectivity index (χ3v) is 3.68. The average Bonchev–Trinajstić information content (AvgIpc) is 2.32. The summed E-state index contributed by atoms with van der Waals surface area (Å²) in [6.45, 7) is 7.17. The van der Waals surface area contributed by atoms with Crippen molar-refractivity contribution in [2.24, 2.45) is 11.8 Å². The lowest BCUT2D eigenvalue weighted by atomic mass is 9.83. The second-order valence-electron chi connectivity index (χ2n) is 5.96. The fraction of sp³-hybridized carbons (Fsp3) is 0.688. The predicted molar refractivity (Wildman–Crippen MR) is 78.2 cm³/mol. The second kappa shape index (κ2) is 7.49. The second-order valence-corrected chi connectivity index (χ2v) is 5.96. The topological polar surface area (TPSA) is 34.2 Å². The Hall–Kier alpha value is -1.09. The van der Waals surface area contributed by atoms with E-state index in [0.29, 0.717) is 5.92 Å². The largest absolute Gasteiger partial charge is 0.478 e. The molecule has 1 fully saturated rings. The molecule has 3 nitrogen and oxygen atoms in total. The first-order chi connectivity index (χ1) is 9.24. The lowest BCUT2D eigenvalue weighted by Crippen LogP contribution is -2.19. The molecule has 0 atom stereocenters. The van der Waals surface area contributed by atoms with Crippen molar-refractivity contribution in [2.45, 2.75) is 46.1 Å². The van der Waals surface area contributed by atoms with Crippen molar-refractivity contribution in [3.63, 3.8) is 0 Å². The zero-order valence-electron chi connectivity index (χ0n) is 12.2. The molecule has 0 amide bonds. The van der Waals surface area contributed by atoms with E-state index in [4.69, 9.17) is 4.74 Å². The van der Waals surface area contributed by atoms with Gasteiger partial charge in [0, 0.05) is 18.8 Å². The molecule has 1 saturated carbocycles. The van der Waals surface area contributed by atoms with Gasteiger partial charge in [-0.1, -0.05) is 33.1 Å². The highest BCUT2D eigenvalue weighted by Gasteiger charge is 2.16. The Balaban J connectivity index is 1.71. The van der Waals surface area contributed by atoms with E-state index in [9.17, 15) is 0 Å². The molecule has 19 heavy (non-hydrogen) atoms. The summed E-state index contributed by atoms with van der Waals surface area (Å²) < 4.78 is 5.74. The summed E-state index contributed by atoms with van der Waals surface area (Å²) in [7, 11) is 0. The fourth-order valence-corrected chi connectivity index (χ4v) is 2.26. The minimum atomic E-state index is 0.681. The Kier molecular flexibility index (Phi) is 5.64. The summed E-state index contributed by atoms with van der Waals surface area (Å²) >= 11 is 0. The van der Waals surface area contributed by atoms with Gasteiger partial charge in [-0.2, -0.15) is 0 Å². The van der Waals surface area contributed by atoms with Crippen molar-refractivity contribution in [3.05, 3.63) is 23.9 Å². The average molecular weight is 262 g/mol. The molecule has 1 N–H and O–H groups in total. The van der Waals surface area contributed by atoms with Crippen molar-refractivity contribution in [2.75, 3.05) is 13.2 Å². The summed E-state index contributed by atoms with van der Waals surface area (Å²) in [6, 6.07) is 4.10. The molecule has 1 aliphatic rings. The maximum Gasteiger partial charge on any atom is 0.213 e. The molecule has 0 radical (unpaired) electrons. The molecule has 0 spiro atoms. The Morgan fingerprint density at radius 2 is 2.26 bits per heavy atom. The maximum absolute atomic E-state index is 5.74. The maximum atomic E-state index is 5.74. The number of ether oxygens (including phenoxy) is 1. The first kappa shape index (κ1) is 14.3. The summed E-state index contributed by atoms with van der Waals surface area (Å²) in [6.07, 6.45) is 7.19. The zero-order valence-corrected chi connectivity index (χ0v) is 12.2. The van der Waals surface area contributed by atoms with Crippen LogP contribution < -0.4 is 10.1 Å². The van der Waals surface area contributed by atoms with E-state index in [-0.39, 0.29) is 0 Å². The molecular weight excluding hydrogens is 236 g/mol. The first-order valence-electron chi connectivity index (χ1n) is 7.52. The van der Waals surface area contributed by atoms with Crippen LogP contribution in [0.25, 0.3) is 0 Å². The highest BCUT2D eigenvalue weighted by molar-refractivity contribution is 5.20. The molecule has 106 valence electrons. The molecule has 0 saturated heterocycles.